The topological polar surface area (TPSA) is 0 Å². The standard InChI is InChI=1S/2C20H19.C2H6Si.2ClH.Zr/c2*1-14-12-16-8-5-11-19(20(16)13-14)18-10-4-7-15-6-2-3-9-17(15)18;1-3-2;;;/h2*2-12,14,19-20H,13H2,1H3;1-2H3;2*1H;/q2*-1;;;;+2/p-2. The molecule has 0 heterocycles. The second-order valence-electron chi connectivity index (χ2n) is 13.3. The normalized spacial score (nSPS) is 25.0. The van der Waals surface area contributed by atoms with Crippen LogP contribution < -0.4 is 24.8 Å². The van der Waals surface area contributed by atoms with E-state index < -0.39 is 0 Å². The van der Waals surface area contributed by atoms with Crippen molar-refractivity contribution in [1.82, 2.24) is 0 Å². The van der Waals surface area contributed by atoms with Crippen LogP contribution in [0.2, 0.25) is 13.1 Å². The molecule has 0 saturated heterocycles. The van der Waals surface area contributed by atoms with Crippen molar-refractivity contribution >= 4 is 27.0 Å². The van der Waals surface area contributed by atoms with Crippen LogP contribution in [-0.4, -0.2) is 5.43 Å². The molecule has 0 radical (unpaired) electrons. The minimum absolute atomic E-state index is 0. The van der Waals surface area contributed by atoms with Crippen molar-refractivity contribution in [3.8, 4) is 0 Å². The molecule has 0 N–H and O–H groups in total. The van der Waals surface area contributed by atoms with Gasteiger partial charge in [0, 0.05) is 11.8 Å². The fourth-order valence-electron chi connectivity index (χ4n) is 7.74. The molecule has 4 heteroatoms. The van der Waals surface area contributed by atoms with E-state index in [0.717, 1.165) is 0 Å². The molecule has 46 heavy (non-hydrogen) atoms. The second kappa shape index (κ2) is 16.7. The van der Waals surface area contributed by atoms with Gasteiger partial charge in [-0.25, -0.2) is 36.1 Å². The largest absolute Gasteiger partial charge is 1.00 e. The third-order valence-electron chi connectivity index (χ3n) is 9.51. The Kier molecular flexibility index (Phi) is 13.3. The Morgan fingerprint density at radius 3 is 1.37 bits per heavy atom. The second-order valence-corrected chi connectivity index (χ2v) is 22.6. The van der Waals surface area contributed by atoms with Crippen LogP contribution in [-0.2, 0) is 23.3 Å². The van der Waals surface area contributed by atoms with E-state index in [-0.39, 0.29) is 30.2 Å². The molecule has 8 rings (SSSR count). The van der Waals surface area contributed by atoms with Gasteiger partial charge in [0.05, 0.1) is 0 Å². The van der Waals surface area contributed by atoms with Crippen molar-refractivity contribution in [3.63, 3.8) is 0 Å². The summed E-state index contributed by atoms with van der Waals surface area (Å²) in [6, 6.07) is 30.9. The average Bonchev–Trinajstić information content (AvgIpc) is 3.61. The summed E-state index contributed by atoms with van der Waals surface area (Å²) < 4.78 is 0. The molecule has 0 aromatic heterocycles. The molecule has 0 spiro atoms. The zero-order chi connectivity index (χ0) is 30.6. The maximum Gasteiger partial charge on any atom is -1.00 e. The van der Waals surface area contributed by atoms with E-state index in [0.29, 0.717) is 35.5 Å². The Morgan fingerprint density at radius 2 is 0.957 bits per heavy atom. The van der Waals surface area contributed by atoms with Crippen molar-refractivity contribution < 1.29 is 48.1 Å². The molecule has 0 bridgehead atoms. The molecule has 6 unspecified atom stereocenters. The number of allylic oxidation sites excluding steroid dienone is 8. The molecule has 4 aromatic carbocycles. The van der Waals surface area contributed by atoms with Crippen molar-refractivity contribution in [2.24, 2.45) is 23.7 Å². The monoisotopic (exact) mass is 736 g/mol. The van der Waals surface area contributed by atoms with Crippen LogP contribution in [0.25, 0.3) is 21.5 Å². The number of rotatable bonds is 2. The first-order chi connectivity index (χ1) is 21.4. The molecular weight excluding hydrogens is 695 g/mol. The van der Waals surface area contributed by atoms with Crippen LogP contribution in [0.3, 0.4) is 0 Å². The van der Waals surface area contributed by atoms with Crippen molar-refractivity contribution in [3.05, 3.63) is 157 Å². The van der Waals surface area contributed by atoms with E-state index in [9.17, 15) is 0 Å². The fraction of sp³-hybridized carbons (Fsp3) is 0.286. The van der Waals surface area contributed by atoms with Crippen molar-refractivity contribution in [2.45, 2.75) is 51.6 Å². The van der Waals surface area contributed by atoms with Crippen LogP contribution in [0.1, 0.15) is 49.7 Å². The Hall–Kier alpha value is -2.22. The third-order valence-corrected chi connectivity index (χ3v) is 9.51. The van der Waals surface area contributed by atoms with E-state index in [1.165, 1.54) is 56.7 Å². The molecular formula is C42H44Cl2SiZr-2. The number of hydrogen-bond acceptors (Lipinski definition) is 0. The number of halogens is 2. The first-order valence-corrected chi connectivity index (χ1v) is 22.5. The molecule has 6 atom stereocenters. The first kappa shape index (κ1) is 36.6. The summed E-state index contributed by atoms with van der Waals surface area (Å²) in [6.07, 6.45) is 21.3. The average molecular weight is 739 g/mol. The van der Waals surface area contributed by atoms with Gasteiger partial charge in [0.2, 0.25) is 0 Å². The van der Waals surface area contributed by atoms with Gasteiger partial charge in [-0.2, -0.15) is 0 Å². The number of fused-ring (bicyclic) bond motifs is 4. The Bertz CT molecular complexity index is 1640. The van der Waals surface area contributed by atoms with Crippen LogP contribution in [0, 0.1) is 36.5 Å². The smallest absolute Gasteiger partial charge is 1.00 e. The van der Waals surface area contributed by atoms with E-state index >= 15 is 0 Å². The summed E-state index contributed by atoms with van der Waals surface area (Å²) in [4.78, 5) is 0. The van der Waals surface area contributed by atoms with Gasteiger partial charge in [-0.15, -0.1) is 12.2 Å². The SMILES string of the molecule is CC1[CH-]C2=CC=CC(c3cccc4ccccc34)C2C1.CC1[CH-]C2=CC=CC(c3cccc4ccccc34)C2C1.C[Si](C)=[Zr+2].[Cl-].[Cl-]. The summed E-state index contributed by atoms with van der Waals surface area (Å²) in [5.74, 6) is 3.82. The van der Waals surface area contributed by atoms with E-state index in [4.69, 9.17) is 0 Å². The summed E-state index contributed by atoms with van der Waals surface area (Å²) in [6.45, 7) is 9.28. The third kappa shape index (κ3) is 8.25. The van der Waals surface area contributed by atoms with Gasteiger partial charge >= 0.3 is 41.9 Å². The predicted molar refractivity (Wildman–Crippen MR) is 188 cm³/mol. The molecule has 4 aromatic rings. The molecule has 236 valence electrons. The summed E-state index contributed by atoms with van der Waals surface area (Å²) >= 11 is 1.74. The minimum Gasteiger partial charge on any atom is -1.00 e. The molecule has 2 fully saturated rings. The number of benzene rings is 4. The molecule has 2 saturated carbocycles. The van der Waals surface area contributed by atoms with E-state index in [2.05, 4.69) is 161 Å². The molecule has 4 aliphatic rings. The van der Waals surface area contributed by atoms with Gasteiger partial charge in [0.1, 0.15) is 0 Å². The van der Waals surface area contributed by atoms with Gasteiger partial charge in [-0.3, -0.25) is 0 Å². The zero-order valence-electron chi connectivity index (χ0n) is 27.3. The van der Waals surface area contributed by atoms with Gasteiger partial charge in [-0.1, -0.05) is 136 Å². The summed E-state index contributed by atoms with van der Waals surface area (Å²) in [7, 11) is 0. The number of hydrogen-bond donors (Lipinski definition) is 0. The predicted octanol–water partition coefficient (Wildman–Crippen LogP) is 5.35. The maximum atomic E-state index is 2.45. The summed E-state index contributed by atoms with van der Waals surface area (Å²) in [5, 5.41) is 5.52. The molecule has 0 aliphatic heterocycles. The summed E-state index contributed by atoms with van der Waals surface area (Å²) in [5.41, 5.74) is 6.26. The van der Waals surface area contributed by atoms with Gasteiger partial charge < -0.3 is 24.8 Å². The van der Waals surface area contributed by atoms with Crippen molar-refractivity contribution in [1.29, 1.82) is 0 Å². The van der Waals surface area contributed by atoms with Crippen LogP contribution >= 0.6 is 0 Å². The first-order valence-electron chi connectivity index (χ1n) is 16.3. The van der Waals surface area contributed by atoms with E-state index in [1.54, 1.807) is 23.3 Å². The molecule has 0 amide bonds. The van der Waals surface area contributed by atoms with Gasteiger partial charge in [0.25, 0.3) is 0 Å². The quantitative estimate of drug-likeness (QED) is 0.192. The zero-order valence-corrected chi connectivity index (χ0v) is 32.3. The maximum absolute atomic E-state index is 2.45. The van der Waals surface area contributed by atoms with Gasteiger partial charge in [-0.05, 0) is 44.5 Å². The van der Waals surface area contributed by atoms with Gasteiger partial charge in [0.15, 0.2) is 0 Å². The van der Waals surface area contributed by atoms with Crippen LogP contribution in [0.15, 0.2) is 133 Å². The Morgan fingerprint density at radius 1 is 0.587 bits per heavy atom. The minimum atomic E-state index is 0. The Labute approximate surface area is 304 Å². The van der Waals surface area contributed by atoms with E-state index in [1.807, 2.05) is 0 Å². The molecule has 0 nitrogen and oxygen atoms in total. The van der Waals surface area contributed by atoms with Crippen LogP contribution in [0.4, 0.5) is 0 Å². The fourth-order valence-corrected chi connectivity index (χ4v) is 7.74. The van der Waals surface area contributed by atoms with Crippen LogP contribution in [0.5, 0.6) is 0 Å². The Balaban J connectivity index is 0.000000180. The molecule has 4 aliphatic carbocycles. The van der Waals surface area contributed by atoms with Crippen molar-refractivity contribution in [2.75, 3.05) is 0 Å².